The predicted molar refractivity (Wildman–Crippen MR) is 78.3 cm³/mol. The van der Waals surface area contributed by atoms with Crippen molar-refractivity contribution in [2.45, 2.75) is 32.5 Å². The Balaban J connectivity index is 2.00. The zero-order valence-electron chi connectivity index (χ0n) is 12.4. The summed E-state index contributed by atoms with van der Waals surface area (Å²) in [6, 6.07) is 5.76. The van der Waals surface area contributed by atoms with Gasteiger partial charge in [-0.15, -0.1) is 0 Å². The molecule has 22 heavy (non-hydrogen) atoms. The van der Waals surface area contributed by atoms with Gasteiger partial charge in [-0.1, -0.05) is 12.1 Å². The molecule has 1 atom stereocenters. The number of rotatable bonds is 6. The fourth-order valence-electron chi connectivity index (χ4n) is 2.35. The molecule has 7 heteroatoms. The van der Waals surface area contributed by atoms with E-state index < -0.39 is 6.61 Å². The molecule has 0 saturated carbocycles. The molecule has 1 aliphatic rings. The average Bonchev–Trinajstić information content (AvgIpc) is 2.99. The maximum atomic E-state index is 12.4. The van der Waals surface area contributed by atoms with Crippen molar-refractivity contribution in [2.75, 3.05) is 25.0 Å². The lowest BCUT2D eigenvalue weighted by Gasteiger charge is -2.24. The summed E-state index contributed by atoms with van der Waals surface area (Å²) in [6.45, 7) is 0.626. The lowest BCUT2D eigenvalue weighted by Crippen LogP contribution is -2.40. The van der Waals surface area contributed by atoms with Gasteiger partial charge in [0.1, 0.15) is 5.75 Å². The van der Waals surface area contributed by atoms with Crippen molar-refractivity contribution in [1.29, 1.82) is 0 Å². The topological polar surface area (TPSA) is 50.8 Å². The van der Waals surface area contributed by atoms with E-state index >= 15 is 0 Å². The van der Waals surface area contributed by atoms with Crippen molar-refractivity contribution in [3.63, 3.8) is 0 Å². The maximum Gasteiger partial charge on any atom is 0.387 e. The van der Waals surface area contributed by atoms with E-state index in [-0.39, 0.29) is 23.6 Å². The summed E-state index contributed by atoms with van der Waals surface area (Å²) in [5.41, 5.74) is 0.221. The fraction of sp³-hybridized carbons (Fsp3) is 0.533. The molecule has 1 saturated heterocycles. The summed E-state index contributed by atoms with van der Waals surface area (Å²) in [7, 11) is 0. The van der Waals surface area contributed by atoms with Crippen LogP contribution in [-0.4, -0.2) is 43.3 Å². The number of para-hydroxylation sites is 2. The predicted octanol–water partition coefficient (Wildman–Crippen LogP) is 3.32. The number of alkyl halides is 2. The number of urea groups is 1. The molecule has 1 aromatic rings. The molecule has 1 aromatic carbocycles. The van der Waals surface area contributed by atoms with Crippen LogP contribution in [0.2, 0.25) is 0 Å². The third-order valence-corrected chi connectivity index (χ3v) is 3.46. The summed E-state index contributed by atoms with van der Waals surface area (Å²) in [5.74, 6) is -0.0565. The Labute approximate surface area is 128 Å². The van der Waals surface area contributed by atoms with Gasteiger partial charge in [-0.2, -0.15) is 8.78 Å². The highest BCUT2D eigenvalue weighted by Gasteiger charge is 2.22. The fourth-order valence-corrected chi connectivity index (χ4v) is 2.35. The van der Waals surface area contributed by atoms with Crippen LogP contribution in [0.5, 0.6) is 5.75 Å². The number of hydrogen-bond donors (Lipinski definition) is 1. The first-order valence-electron chi connectivity index (χ1n) is 7.31. The molecule has 0 radical (unpaired) electrons. The smallest absolute Gasteiger partial charge is 0.387 e. The number of halogens is 2. The zero-order valence-corrected chi connectivity index (χ0v) is 12.4. The molecule has 122 valence electrons. The van der Waals surface area contributed by atoms with Gasteiger partial charge in [0.05, 0.1) is 11.8 Å². The van der Waals surface area contributed by atoms with Gasteiger partial charge in [-0.25, -0.2) is 4.79 Å². The molecule has 0 unspecified atom stereocenters. The Morgan fingerprint density at radius 1 is 1.50 bits per heavy atom. The summed E-state index contributed by atoms with van der Waals surface area (Å²) < 4.78 is 34.7. The van der Waals surface area contributed by atoms with E-state index in [0.717, 1.165) is 19.4 Å². The minimum absolute atomic E-state index is 0.0401. The van der Waals surface area contributed by atoms with E-state index in [1.54, 1.807) is 17.0 Å². The number of anilines is 1. The van der Waals surface area contributed by atoms with Crippen LogP contribution in [0, 0.1) is 0 Å². The van der Waals surface area contributed by atoms with Crippen LogP contribution in [0.25, 0.3) is 0 Å². The number of likely N-dealkylation sites (N-methyl/N-ethyl adjacent to an activating group) is 1. The van der Waals surface area contributed by atoms with Crippen LogP contribution < -0.4 is 10.1 Å². The number of carbonyl (C=O) groups excluding carboxylic acids is 1. The summed E-state index contributed by atoms with van der Waals surface area (Å²) in [5, 5.41) is 2.61. The molecule has 1 aliphatic heterocycles. The monoisotopic (exact) mass is 314 g/mol. The quantitative estimate of drug-likeness (QED) is 0.876. The SMILES string of the molecule is CCN(C[C@H]1CCCO1)C(=O)Nc1ccccc1OC(F)F. The highest BCUT2D eigenvalue weighted by atomic mass is 19.3. The van der Waals surface area contributed by atoms with Crippen molar-refractivity contribution >= 4 is 11.7 Å². The third kappa shape index (κ3) is 4.56. The first-order valence-corrected chi connectivity index (χ1v) is 7.31. The van der Waals surface area contributed by atoms with Crippen LogP contribution in [-0.2, 0) is 4.74 Å². The van der Waals surface area contributed by atoms with Crippen molar-refractivity contribution < 1.29 is 23.0 Å². The van der Waals surface area contributed by atoms with E-state index in [1.807, 2.05) is 6.92 Å². The van der Waals surface area contributed by atoms with Crippen LogP contribution in [0.15, 0.2) is 24.3 Å². The first kappa shape index (κ1) is 16.5. The molecule has 0 bridgehead atoms. The Hall–Kier alpha value is -1.89. The number of hydrogen-bond acceptors (Lipinski definition) is 3. The van der Waals surface area contributed by atoms with Crippen molar-refractivity contribution in [3.05, 3.63) is 24.3 Å². The van der Waals surface area contributed by atoms with Gasteiger partial charge in [0.2, 0.25) is 0 Å². The Morgan fingerprint density at radius 3 is 2.91 bits per heavy atom. The molecular weight excluding hydrogens is 294 g/mol. The van der Waals surface area contributed by atoms with Crippen molar-refractivity contribution in [3.8, 4) is 5.75 Å². The lowest BCUT2D eigenvalue weighted by molar-refractivity contribution is -0.0493. The second kappa shape index (κ2) is 7.93. The highest BCUT2D eigenvalue weighted by molar-refractivity contribution is 5.91. The normalized spacial score (nSPS) is 17.5. The van der Waals surface area contributed by atoms with Crippen LogP contribution in [0.4, 0.5) is 19.3 Å². The molecule has 1 heterocycles. The molecule has 1 N–H and O–H groups in total. The molecule has 2 amide bonds. The minimum Gasteiger partial charge on any atom is -0.433 e. The highest BCUT2D eigenvalue weighted by Crippen LogP contribution is 2.26. The number of benzene rings is 1. The van der Waals surface area contributed by atoms with Gasteiger partial charge in [0, 0.05) is 19.7 Å². The van der Waals surface area contributed by atoms with E-state index in [4.69, 9.17) is 4.74 Å². The molecule has 0 aliphatic carbocycles. The number of carbonyl (C=O) groups is 1. The Morgan fingerprint density at radius 2 is 2.27 bits per heavy atom. The first-order chi connectivity index (χ1) is 10.6. The second-order valence-corrected chi connectivity index (χ2v) is 4.98. The number of ether oxygens (including phenoxy) is 2. The van der Waals surface area contributed by atoms with Gasteiger partial charge >= 0.3 is 12.6 Å². The Bertz CT molecular complexity index is 493. The number of nitrogens with one attached hydrogen (secondary N) is 1. The zero-order chi connectivity index (χ0) is 15.9. The molecular formula is C15H20F2N2O3. The number of amides is 2. The molecule has 0 aromatic heterocycles. The third-order valence-electron chi connectivity index (χ3n) is 3.46. The Kier molecular flexibility index (Phi) is 5.94. The van der Waals surface area contributed by atoms with Gasteiger partial charge in [-0.3, -0.25) is 0 Å². The van der Waals surface area contributed by atoms with Gasteiger partial charge < -0.3 is 19.7 Å². The average molecular weight is 314 g/mol. The minimum atomic E-state index is -2.94. The summed E-state index contributed by atoms with van der Waals surface area (Å²) in [6.07, 6.45) is 1.96. The van der Waals surface area contributed by atoms with Crippen molar-refractivity contribution in [1.82, 2.24) is 4.90 Å². The lowest BCUT2D eigenvalue weighted by atomic mass is 10.2. The standard InChI is InChI=1S/C15H20F2N2O3/c1-2-19(10-11-6-5-9-21-11)15(20)18-12-7-3-4-8-13(12)22-14(16)17/h3-4,7-8,11,14H,2,5-6,9-10H2,1H3,(H,18,20)/t11-/m1/s1. The van der Waals surface area contributed by atoms with Gasteiger partial charge in [0.25, 0.3) is 0 Å². The molecule has 0 spiro atoms. The van der Waals surface area contributed by atoms with Crippen molar-refractivity contribution in [2.24, 2.45) is 0 Å². The van der Waals surface area contributed by atoms with Gasteiger partial charge in [-0.05, 0) is 31.9 Å². The summed E-state index contributed by atoms with van der Waals surface area (Å²) >= 11 is 0. The largest absolute Gasteiger partial charge is 0.433 e. The second-order valence-electron chi connectivity index (χ2n) is 4.98. The van der Waals surface area contributed by atoms with Crippen LogP contribution >= 0.6 is 0 Å². The molecule has 5 nitrogen and oxygen atoms in total. The van der Waals surface area contributed by atoms with Crippen LogP contribution in [0.3, 0.4) is 0 Å². The van der Waals surface area contributed by atoms with Crippen LogP contribution in [0.1, 0.15) is 19.8 Å². The molecule has 2 rings (SSSR count). The number of nitrogens with zero attached hydrogens (tertiary/aromatic N) is 1. The van der Waals surface area contributed by atoms with Gasteiger partial charge in [0.15, 0.2) is 0 Å². The van der Waals surface area contributed by atoms with E-state index in [1.165, 1.54) is 12.1 Å². The van der Waals surface area contributed by atoms with E-state index in [9.17, 15) is 13.6 Å². The van der Waals surface area contributed by atoms with E-state index in [2.05, 4.69) is 10.1 Å². The maximum absolute atomic E-state index is 12.4. The summed E-state index contributed by atoms with van der Waals surface area (Å²) in [4.78, 5) is 13.9. The van der Waals surface area contributed by atoms with E-state index in [0.29, 0.717) is 13.1 Å². The molecule has 1 fully saturated rings.